The Morgan fingerprint density at radius 3 is 2.90 bits per heavy atom. The van der Waals surface area contributed by atoms with Crippen molar-refractivity contribution in [1.29, 1.82) is 0 Å². The zero-order chi connectivity index (χ0) is 14.7. The second kappa shape index (κ2) is 6.09. The Hall–Kier alpha value is -1.82. The fourth-order valence-electron chi connectivity index (χ4n) is 2.10. The van der Waals surface area contributed by atoms with Crippen molar-refractivity contribution in [3.05, 3.63) is 22.5 Å². The van der Waals surface area contributed by atoms with Gasteiger partial charge in [0.05, 0.1) is 5.69 Å². The summed E-state index contributed by atoms with van der Waals surface area (Å²) in [5.74, 6) is -0.172. The predicted octanol–water partition coefficient (Wildman–Crippen LogP) is 0.790. The van der Waals surface area contributed by atoms with Gasteiger partial charge in [0.15, 0.2) is 0 Å². The standard InChI is InChI=1S/C13H17ClN4O2/c1-8-10(13(14)18(2)17-8)4-6-12(20)16-9-3-5-11(19)15-7-9/h4,6,9H,3,5,7H2,1-2H3,(H,15,19)(H,16,20). The van der Waals surface area contributed by atoms with Crippen LogP contribution >= 0.6 is 11.6 Å². The van der Waals surface area contributed by atoms with Gasteiger partial charge in [0.2, 0.25) is 11.8 Å². The number of amides is 2. The summed E-state index contributed by atoms with van der Waals surface area (Å²) >= 11 is 6.08. The average Bonchev–Trinajstić information content (AvgIpc) is 2.64. The number of rotatable bonds is 3. The van der Waals surface area contributed by atoms with Gasteiger partial charge in [-0.05, 0) is 19.4 Å². The normalized spacial score (nSPS) is 19.1. The van der Waals surface area contributed by atoms with Crippen LogP contribution in [-0.4, -0.2) is 34.2 Å². The van der Waals surface area contributed by atoms with Crippen LogP contribution in [0.1, 0.15) is 24.1 Å². The van der Waals surface area contributed by atoms with Crippen molar-refractivity contribution in [3.63, 3.8) is 0 Å². The maximum absolute atomic E-state index is 11.8. The highest BCUT2D eigenvalue weighted by atomic mass is 35.5. The molecule has 0 spiro atoms. The number of hydrogen-bond donors (Lipinski definition) is 2. The summed E-state index contributed by atoms with van der Waals surface area (Å²) in [5.41, 5.74) is 1.51. The van der Waals surface area contributed by atoms with E-state index in [1.54, 1.807) is 17.8 Å². The highest BCUT2D eigenvalue weighted by Gasteiger charge is 2.18. The molecule has 2 amide bonds. The first-order chi connectivity index (χ1) is 9.47. The predicted molar refractivity (Wildman–Crippen MR) is 76.2 cm³/mol. The third-order valence-corrected chi connectivity index (χ3v) is 3.66. The first-order valence-corrected chi connectivity index (χ1v) is 6.79. The van der Waals surface area contributed by atoms with E-state index >= 15 is 0 Å². The molecule has 1 aliphatic rings. The van der Waals surface area contributed by atoms with Crippen molar-refractivity contribution in [2.75, 3.05) is 6.54 Å². The third-order valence-electron chi connectivity index (χ3n) is 3.21. The van der Waals surface area contributed by atoms with Crippen molar-refractivity contribution >= 4 is 29.5 Å². The number of halogens is 1. The van der Waals surface area contributed by atoms with Gasteiger partial charge in [0.25, 0.3) is 0 Å². The number of carbonyl (C=O) groups is 2. The molecule has 1 aliphatic heterocycles. The fourth-order valence-corrected chi connectivity index (χ4v) is 2.34. The summed E-state index contributed by atoms with van der Waals surface area (Å²) in [6, 6.07) is -0.0182. The summed E-state index contributed by atoms with van der Waals surface area (Å²) in [7, 11) is 1.75. The van der Waals surface area contributed by atoms with Crippen molar-refractivity contribution in [2.45, 2.75) is 25.8 Å². The second-order valence-corrected chi connectivity index (χ2v) is 5.15. The SMILES string of the molecule is Cc1nn(C)c(Cl)c1C=CC(=O)NC1CCC(=O)NC1. The van der Waals surface area contributed by atoms with Crippen LogP contribution in [0.3, 0.4) is 0 Å². The molecule has 7 heteroatoms. The molecule has 2 heterocycles. The molecule has 1 atom stereocenters. The summed E-state index contributed by atoms with van der Waals surface area (Å²) < 4.78 is 1.56. The van der Waals surface area contributed by atoms with Crippen LogP contribution in [-0.2, 0) is 16.6 Å². The lowest BCUT2D eigenvalue weighted by molar-refractivity contribution is -0.124. The van der Waals surface area contributed by atoms with E-state index in [0.29, 0.717) is 24.5 Å². The number of hydrogen-bond acceptors (Lipinski definition) is 3. The summed E-state index contributed by atoms with van der Waals surface area (Å²) in [4.78, 5) is 22.8. The molecule has 6 nitrogen and oxygen atoms in total. The molecule has 2 N–H and O–H groups in total. The first-order valence-electron chi connectivity index (χ1n) is 6.41. The van der Waals surface area contributed by atoms with Crippen LogP contribution in [0.15, 0.2) is 6.08 Å². The minimum atomic E-state index is -0.203. The Kier molecular flexibility index (Phi) is 4.44. The monoisotopic (exact) mass is 296 g/mol. The molecule has 0 aromatic carbocycles. The van der Waals surface area contributed by atoms with E-state index in [1.165, 1.54) is 6.08 Å². The van der Waals surface area contributed by atoms with Crippen molar-refractivity contribution in [3.8, 4) is 0 Å². The van der Waals surface area contributed by atoms with E-state index in [9.17, 15) is 9.59 Å². The van der Waals surface area contributed by atoms with Gasteiger partial charge in [-0.15, -0.1) is 0 Å². The molecular weight excluding hydrogens is 280 g/mol. The Morgan fingerprint density at radius 2 is 2.35 bits per heavy atom. The lowest BCUT2D eigenvalue weighted by Crippen LogP contribution is -2.47. The van der Waals surface area contributed by atoms with Crippen LogP contribution in [0, 0.1) is 6.92 Å². The lowest BCUT2D eigenvalue weighted by Gasteiger charge is -2.22. The quantitative estimate of drug-likeness (QED) is 0.810. The van der Waals surface area contributed by atoms with E-state index < -0.39 is 0 Å². The number of piperidine rings is 1. The molecule has 108 valence electrons. The Bertz CT molecular complexity index is 555. The van der Waals surface area contributed by atoms with Gasteiger partial charge in [-0.2, -0.15) is 5.10 Å². The summed E-state index contributed by atoms with van der Waals surface area (Å²) in [6.45, 7) is 2.31. The minimum Gasteiger partial charge on any atom is -0.354 e. The molecule has 20 heavy (non-hydrogen) atoms. The van der Waals surface area contributed by atoms with Crippen LogP contribution in [0.2, 0.25) is 5.15 Å². The van der Waals surface area contributed by atoms with Gasteiger partial charge in [-0.3, -0.25) is 14.3 Å². The van der Waals surface area contributed by atoms with Crippen LogP contribution < -0.4 is 10.6 Å². The van der Waals surface area contributed by atoms with E-state index in [4.69, 9.17) is 11.6 Å². The van der Waals surface area contributed by atoms with Gasteiger partial charge < -0.3 is 10.6 Å². The Labute approximate surface area is 122 Å². The van der Waals surface area contributed by atoms with Crippen molar-refractivity contribution < 1.29 is 9.59 Å². The molecule has 1 fully saturated rings. The fraction of sp³-hybridized carbons (Fsp3) is 0.462. The third kappa shape index (κ3) is 3.39. The van der Waals surface area contributed by atoms with E-state index in [0.717, 1.165) is 11.3 Å². The minimum absolute atomic E-state index is 0.0182. The molecule has 0 radical (unpaired) electrons. The highest BCUT2D eigenvalue weighted by molar-refractivity contribution is 6.31. The number of aromatic nitrogens is 2. The van der Waals surface area contributed by atoms with E-state index in [1.807, 2.05) is 6.92 Å². The number of aryl methyl sites for hydroxylation is 2. The Morgan fingerprint density at radius 1 is 1.60 bits per heavy atom. The molecule has 0 aliphatic carbocycles. The van der Waals surface area contributed by atoms with Crippen LogP contribution in [0.25, 0.3) is 6.08 Å². The largest absolute Gasteiger partial charge is 0.354 e. The number of nitrogens with one attached hydrogen (secondary N) is 2. The van der Waals surface area contributed by atoms with Crippen LogP contribution in [0.5, 0.6) is 0 Å². The van der Waals surface area contributed by atoms with E-state index in [-0.39, 0.29) is 17.9 Å². The van der Waals surface area contributed by atoms with E-state index in [2.05, 4.69) is 15.7 Å². The molecule has 2 rings (SSSR count). The van der Waals surface area contributed by atoms with Gasteiger partial charge in [0.1, 0.15) is 5.15 Å². The smallest absolute Gasteiger partial charge is 0.244 e. The molecule has 1 aromatic rings. The van der Waals surface area contributed by atoms with Crippen molar-refractivity contribution in [2.24, 2.45) is 7.05 Å². The maximum atomic E-state index is 11.8. The second-order valence-electron chi connectivity index (χ2n) is 4.80. The molecular formula is C13H17ClN4O2. The zero-order valence-electron chi connectivity index (χ0n) is 11.4. The summed E-state index contributed by atoms with van der Waals surface area (Å²) in [6.07, 6.45) is 4.20. The highest BCUT2D eigenvalue weighted by Crippen LogP contribution is 2.19. The van der Waals surface area contributed by atoms with Gasteiger partial charge in [-0.25, -0.2) is 0 Å². The Balaban J connectivity index is 1.94. The maximum Gasteiger partial charge on any atom is 0.244 e. The molecule has 1 unspecified atom stereocenters. The topological polar surface area (TPSA) is 76.0 Å². The number of nitrogens with zero attached hydrogens (tertiary/aromatic N) is 2. The molecule has 1 aromatic heterocycles. The van der Waals surface area contributed by atoms with Gasteiger partial charge in [0, 0.05) is 37.7 Å². The zero-order valence-corrected chi connectivity index (χ0v) is 12.2. The molecule has 1 saturated heterocycles. The number of carbonyl (C=O) groups excluding carboxylic acids is 2. The average molecular weight is 297 g/mol. The lowest BCUT2D eigenvalue weighted by atomic mass is 10.1. The summed E-state index contributed by atoms with van der Waals surface area (Å²) in [5, 5.41) is 10.2. The van der Waals surface area contributed by atoms with Gasteiger partial charge in [-0.1, -0.05) is 11.6 Å². The van der Waals surface area contributed by atoms with Crippen LogP contribution in [0.4, 0.5) is 0 Å². The molecule has 0 bridgehead atoms. The first kappa shape index (κ1) is 14.6. The van der Waals surface area contributed by atoms with Gasteiger partial charge >= 0.3 is 0 Å². The molecule has 0 saturated carbocycles. The van der Waals surface area contributed by atoms with Crippen molar-refractivity contribution in [1.82, 2.24) is 20.4 Å².